The average molecular weight is 668 g/mol. The SMILES string of the molecule is CCOP(=O)(OCC)C(F)c1nn(PI)c2ccc(OC(C)c3c(Cl)cncc3Cl)cc12.CF. The predicted octanol–water partition coefficient (Wildman–Crippen LogP) is 8.49. The van der Waals surface area contributed by atoms with Gasteiger partial charge in [0.1, 0.15) is 17.5 Å². The number of fused-ring (bicyclic) bond motifs is 1. The molecule has 3 rings (SSSR count). The van der Waals surface area contributed by atoms with Crippen molar-refractivity contribution >= 4 is 70.1 Å². The van der Waals surface area contributed by atoms with Crippen LogP contribution in [0.5, 0.6) is 5.75 Å². The van der Waals surface area contributed by atoms with E-state index in [0.717, 1.165) is 0 Å². The van der Waals surface area contributed by atoms with E-state index in [2.05, 4.69) is 32.1 Å². The van der Waals surface area contributed by atoms with E-state index in [1.165, 1.54) is 12.4 Å². The van der Waals surface area contributed by atoms with Crippen molar-refractivity contribution in [1.29, 1.82) is 0 Å². The van der Waals surface area contributed by atoms with Gasteiger partial charge in [-0.15, -0.1) is 0 Å². The lowest BCUT2D eigenvalue weighted by Crippen LogP contribution is -2.05. The predicted molar refractivity (Wildman–Crippen MR) is 143 cm³/mol. The van der Waals surface area contributed by atoms with Crippen molar-refractivity contribution in [1.82, 2.24) is 14.5 Å². The lowest BCUT2D eigenvalue weighted by atomic mass is 10.1. The molecule has 0 aliphatic rings. The van der Waals surface area contributed by atoms with Crippen molar-refractivity contribution in [3.05, 3.63) is 51.9 Å². The molecule has 0 spiro atoms. The summed E-state index contributed by atoms with van der Waals surface area (Å²) < 4.78 is 56.2. The summed E-state index contributed by atoms with van der Waals surface area (Å²) in [4.78, 5) is 3.95. The summed E-state index contributed by atoms with van der Waals surface area (Å²) in [6.45, 7) is 5.14. The topological polar surface area (TPSA) is 75.5 Å². The fourth-order valence-corrected chi connectivity index (χ4v) is 6.94. The van der Waals surface area contributed by atoms with Crippen molar-refractivity contribution in [3.63, 3.8) is 0 Å². The normalized spacial score (nSPS) is 13.7. The molecule has 0 bridgehead atoms. The van der Waals surface area contributed by atoms with Gasteiger partial charge < -0.3 is 13.8 Å². The Morgan fingerprint density at radius 2 is 1.76 bits per heavy atom. The van der Waals surface area contributed by atoms with Gasteiger partial charge in [-0.3, -0.25) is 13.9 Å². The lowest BCUT2D eigenvalue weighted by Gasteiger charge is -2.20. The van der Waals surface area contributed by atoms with Crippen LogP contribution in [0.3, 0.4) is 0 Å². The van der Waals surface area contributed by atoms with Gasteiger partial charge in [0.2, 0.25) is 5.91 Å². The third kappa shape index (κ3) is 6.58. The summed E-state index contributed by atoms with van der Waals surface area (Å²) in [7, 11) is -3.56. The first-order valence-electron chi connectivity index (χ1n) is 10.0. The van der Waals surface area contributed by atoms with Crippen molar-refractivity contribution in [3.8, 4) is 5.75 Å². The van der Waals surface area contributed by atoms with Crippen LogP contribution in [-0.4, -0.2) is 34.9 Å². The van der Waals surface area contributed by atoms with E-state index in [0.29, 0.717) is 39.4 Å². The number of hydrogen-bond acceptors (Lipinski definition) is 6. The number of aromatic nitrogens is 3. The van der Waals surface area contributed by atoms with Crippen LogP contribution in [0.1, 0.15) is 44.0 Å². The lowest BCUT2D eigenvalue weighted by molar-refractivity contribution is 0.189. The van der Waals surface area contributed by atoms with E-state index in [-0.39, 0.29) is 25.3 Å². The molecule has 14 heteroatoms. The minimum atomic E-state index is -4.06. The fraction of sp³-hybridized carbons (Fsp3) is 0.400. The second kappa shape index (κ2) is 13.6. The quantitative estimate of drug-likeness (QED) is 0.159. The van der Waals surface area contributed by atoms with Crippen LogP contribution in [0.2, 0.25) is 10.0 Å². The molecule has 0 fully saturated rings. The Morgan fingerprint density at radius 3 is 2.29 bits per heavy atom. The van der Waals surface area contributed by atoms with Gasteiger partial charge in [-0.1, -0.05) is 23.2 Å². The van der Waals surface area contributed by atoms with Crippen LogP contribution < -0.4 is 4.74 Å². The van der Waals surface area contributed by atoms with Gasteiger partial charge >= 0.3 is 7.60 Å². The Morgan fingerprint density at radius 1 is 1.18 bits per heavy atom. The molecule has 7 nitrogen and oxygen atoms in total. The molecule has 0 saturated carbocycles. The number of halogens is 5. The second-order valence-corrected chi connectivity index (χ2v) is 11.5. The zero-order valence-corrected chi connectivity index (χ0v) is 24.3. The maximum atomic E-state index is 15.5. The summed E-state index contributed by atoms with van der Waals surface area (Å²) in [5.74, 6) is -1.60. The second-order valence-electron chi connectivity index (χ2n) is 6.55. The molecule has 0 amide bonds. The first-order chi connectivity index (χ1) is 16.3. The zero-order valence-electron chi connectivity index (χ0n) is 18.8. The van der Waals surface area contributed by atoms with Gasteiger partial charge in [0.05, 0.1) is 42.3 Å². The highest BCUT2D eigenvalue weighted by molar-refractivity contribution is 14.2. The number of pyridine rings is 1. The smallest absolute Gasteiger partial charge is 0.370 e. The molecule has 34 heavy (non-hydrogen) atoms. The molecule has 0 aliphatic heterocycles. The molecule has 2 aromatic heterocycles. The van der Waals surface area contributed by atoms with E-state index in [1.807, 2.05) is 0 Å². The Bertz CT molecular complexity index is 1130. The number of ether oxygens (including phenoxy) is 1. The Balaban J connectivity index is 0.00000199. The molecule has 0 radical (unpaired) electrons. The van der Waals surface area contributed by atoms with Crippen molar-refractivity contribution in [2.45, 2.75) is 32.8 Å². The van der Waals surface area contributed by atoms with Gasteiger partial charge in [-0.2, -0.15) is 5.10 Å². The maximum Gasteiger partial charge on any atom is 0.370 e. The summed E-state index contributed by atoms with van der Waals surface area (Å²) in [6.07, 6.45) is 2.68. The van der Waals surface area contributed by atoms with Crippen LogP contribution in [0.25, 0.3) is 10.9 Å². The molecule has 0 N–H and O–H groups in total. The molecule has 3 unspecified atom stereocenters. The van der Waals surface area contributed by atoms with Gasteiger partial charge in [0.15, 0.2) is 0 Å². The summed E-state index contributed by atoms with van der Waals surface area (Å²) in [5, 5.41) is 5.57. The largest absolute Gasteiger partial charge is 0.486 e. The molecule has 2 heterocycles. The molecule has 3 aromatic rings. The van der Waals surface area contributed by atoms with Crippen molar-refractivity contribution in [2.75, 3.05) is 20.4 Å². The number of benzene rings is 1. The van der Waals surface area contributed by atoms with Gasteiger partial charge in [0, 0.05) is 23.3 Å². The van der Waals surface area contributed by atoms with Crippen LogP contribution in [0.15, 0.2) is 30.6 Å². The average Bonchev–Trinajstić information content (AvgIpc) is 3.18. The molecular weight excluding hydrogens is 644 g/mol. The molecule has 1 aromatic carbocycles. The number of alkyl halides is 2. The van der Waals surface area contributed by atoms with E-state index in [9.17, 15) is 8.96 Å². The van der Waals surface area contributed by atoms with E-state index < -0.39 is 19.6 Å². The molecule has 0 aliphatic carbocycles. The summed E-state index contributed by atoms with van der Waals surface area (Å²) in [6, 6.07) is 5.17. The first kappa shape index (κ1) is 29.6. The van der Waals surface area contributed by atoms with Crippen molar-refractivity contribution in [2.24, 2.45) is 0 Å². The Hall–Kier alpha value is -0.610. The molecule has 188 valence electrons. The Kier molecular flexibility index (Phi) is 11.9. The van der Waals surface area contributed by atoms with E-state index in [1.54, 1.807) is 43.4 Å². The fourth-order valence-electron chi connectivity index (χ4n) is 3.18. The van der Waals surface area contributed by atoms with E-state index >= 15 is 4.39 Å². The highest BCUT2D eigenvalue weighted by Crippen LogP contribution is 2.62. The number of rotatable bonds is 10. The van der Waals surface area contributed by atoms with Gasteiger partial charge in [0.25, 0.3) is 0 Å². The van der Waals surface area contributed by atoms with Crippen LogP contribution in [0.4, 0.5) is 8.78 Å². The zero-order chi connectivity index (χ0) is 25.5. The molecule has 3 atom stereocenters. The summed E-state index contributed by atoms with van der Waals surface area (Å²) >= 11 is 14.6. The van der Waals surface area contributed by atoms with Gasteiger partial charge in [-0.05, 0) is 61.0 Å². The van der Waals surface area contributed by atoms with Crippen LogP contribution in [-0.2, 0) is 13.6 Å². The Labute approximate surface area is 221 Å². The highest BCUT2D eigenvalue weighted by Gasteiger charge is 2.40. The first-order valence-corrected chi connectivity index (χ1v) is 16.4. The van der Waals surface area contributed by atoms with Crippen LogP contribution in [0, 0.1) is 0 Å². The standard InChI is InChI=1S/C19H21Cl2FIN3O4P2.CH3F/c1-4-28-32(27,29-5-2)19(22)18-13-8-12(6-7-16(13)26(25-18)31-23)30-11(3)17-14(20)9-24-10-15(17)21;1-2/h6-11,19,31H,4-5H2,1-3H3;1H3. The molecular formula is C20H24Cl2F2IN3O4P2. The van der Waals surface area contributed by atoms with Gasteiger partial charge in [-0.25, -0.2) is 8.84 Å². The monoisotopic (exact) mass is 667 g/mol. The number of nitrogens with zero attached hydrogens (tertiary/aromatic N) is 3. The minimum Gasteiger partial charge on any atom is -0.486 e. The maximum absolute atomic E-state index is 15.5. The van der Waals surface area contributed by atoms with E-state index in [4.69, 9.17) is 37.0 Å². The highest BCUT2D eigenvalue weighted by atomic mass is 127. The third-order valence-corrected chi connectivity index (χ3v) is 9.00. The van der Waals surface area contributed by atoms with Crippen molar-refractivity contribution < 1.29 is 27.1 Å². The van der Waals surface area contributed by atoms with Crippen LogP contribution >= 0.6 is 59.2 Å². The third-order valence-electron chi connectivity index (χ3n) is 4.49. The molecule has 0 saturated heterocycles. The minimum absolute atomic E-state index is 0.0209. The summed E-state index contributed by atoms with van der Waals surface area (Å²) in [5.41, 5.74) is 1.25. The number of hydrogen-bond donors (Lipinski definition) is 0.